The molecule has 18 heavy (non-hydrogen) atoms. The number of aromatic amines is 1. The van der Waals surface area contributed by atoms with Crippen LogP contribution in [-0.4, -0.2) is 16.1 Å². The molecule has 0 aliphatic rings. The van der Waals surface area contributed by atoms with Crippen molar-refractivity contribution < 1.29 is 4.79 Å². The molecule has 0 unspecified atom stereocenters. The second kappa shape index (κ2) is 4.81. The van der Waals surface area contributed by atoms with Crippen molar-refractivity contribution in [3.8, 4) is 0 Å². The molecule has 0 saturated heterocycles. The molecule has 94 valence electrons. The highest BCUT2D eigenvalue weighted by atomic mass is 79.9. The van der Waals surface area contributed by atoms with Crippen molar-refractivity contribution in [1.82, 2.24) is 10.2 Å². The van der Waals surface area contributed by atoms with Gasteiger partial charge in [-0.2, -0.15) is 5.10 Å². The Balaban J connectivity index is 2.21. The molecule has 1 aromatic carbocycles. The first-order valence-corrected chi connectivity index (χ1v) is 6.16. The lowest BCUT2D eigenvalue weighted by molar-refractivity contribution is 0.102. The highest BCUT2D eigenvalue weighted by Gasteiger charge is 2.15. The van der Waals surface area contributed by atoms with Gasteiger partial charge >= 0.3 is 0 Å². The van der Waals surface area contributed by atoms with Gasteiger partial charge in [-0.1, -0.05) is 22.0 Å². The molecule has 1 amide bonds. The Kier molecular flexibility index (Phi) is 3.38. The number of aryl methyl sites for hydroxylation is 2. The summed E-state index contributed by atoms with van der Waals surface area (Å²) in [7, 11) is 0. The number of amides is 1. The number of carbonyl (C=O) groups excluding carboxylic acids is 1. The molecule has 0 spiro atoms. The van der Waals surface area contributed by atoms with Crippen molar-refractivity contribution in [2.45, 2.75) is 13.8 Å². The lowest BCUT2D eigenvalue weighted by Crippen LogP contribution is -2.14. The Morgan fingerprint density at radius 2 is 2.17 bits per heavy atom. The van der Waals surface area contributed by atoms with Crippen molar-refractivity contribution in [3.63, 3.8) is 0 Å². The molecule has 0 radical (unpaired) electrons. The van der Waals surface area contributed by atoms with E-state index >= 15 is 0 Å². The third-order valence-electron chi connectivity index (χ3n) is 2.64. The summed E-state index contributed by atoms with van der Waals surface area (Å²) in [6.45, 7) is 3.74. The van der Waals surface area contributed by atoms with E-state index in [-0.39, 0.29) is 11.6 Å². The normalized spacial score (nSPS) is 10.4. The van der Waals surface area contributed by atoms with Gasteiger partial charge in [0.05, 0.1) is 11.4 Å². The number of H-pyrrole nitrogens is 1. The number of nitrogen functional groups attached to an aromatic ring is 1. The molecule has 0 aliphatic carbocycles. The van der Waals surface area contributed by atoms with E-state index in [1.807, 2.05) is 25.1 Å². The van der Waals surface area contributed by atoms with E-state index in [1.165, 1.54) is 0 Å². The number of hydrogen-bond donors (Lipinski definition) is 3. The summed E-state index contributed by atoms with van der Waals surface area (Å²) in [6, 6.07) is 5.58. The van der Waals surface area contributed by atoms with Gasteiger partial charge in [0, 0.05) is 10.2 Å². The molecule has 6 heteroatoms. The Hall–Kier alpha value is -1.82. The van der Waals surface area contributed by atoms with Crippen LogP contribution in [0.2, 0.25) is 0 Å². The zero-order chi connectivity index (χ0) is 13.3. The largest absolute Gasteiger partial charge is 0.395 e. The van der Waals surface area contributed by atoms with Crippen molar-refractivity contribution >= 4 is 33.2 Å². The monoisotopic (exact) mass is 308 g/mol. The van der Waals surface area contributed by atoms with Crippen LogP contribution in [0.1, 0.15) is 21.7 Å². The first kappa shape index (κ1) is 12.6. The summed E-state index contributed by atoms with van der Waals surface area (Å²) in [4.78, 5) is 12.0. The van der Waals surface area contributed by atoms with Gasteiger partial charge in [-0.05, 0) is 31.5 Å². The number of aromatic nitrogens is 2. The lowest BCUT2D eigenvalue weighted by atomic mass is 10.2. The van der Waals surface area contributed by atoms with Crippen LogP contribution in [-0.2, 0) is 0 Å². The number of rotatable bonds is 2. The SMILES string of the molecule is Cc1ccc(NC(=O)c2n[nH]c(C)c2N)cc1Br. The number of nitrogens with two attached hydrogens (primary N) is 1. The van der Waals surface area contributed by atoms with Crippen LogP contribution in [0.3, 0.4) is 0 Å². The van der Waals surface area contributed by atoms with E-state index in [4.69, 9.17) is 5.73 Å². The average molecular weight is 309 g/mol. The first-order chi connectivity index (χ1) is 8.49. The summed E-state index contributed by atoms with van der Waals surface area (Å²) in [5, 5.41) is 9.31. The second-order valence-corrected chi connectivity index (χ2v) is 4.88. The third kappa shape index (κ3) is 2.38. The molecule has 5 nitrogen and oxygen atoms in total. The quantitative estimate of drug-likeness (QED) is 0.797. The van der Waals surface area contributed by atoms with Crippen LogP contribution in [0.4, 0.5) is 11.4 Å². The van der Waals surface area contributed by atoms with Gasteiger partial charge in [0.2, 0.25) is 0 Å². The van der Waals surface area contributed by atoms with Gasteiger partial charge in [-0.3, -0.25) is 9.89 Å². The van der Waals surface area contributed by atoms with Gasteiger partial charge in [0.1, 0.15) is 0 Å². The number of benzene rings is 1. The van der Waals surface area contributed by atoms with Crippen molar-refractivity contribution in [1.29, 1.82) is 0 Å². The van der Waals surface area contributed by atoms with Gasteiger partial charge in [0.15, 0.2) is 5.69 Å². The molecule has 0 saturated carbocycles. The van der Waals surface area contributed by atoms with Gasteiger partial charge in [0.25, 0.3) is 5.91 Å². The predicted molar refractivity (Wildman–Crippen MR) is 74.6 cm³/mol. The minimum Gasteiger partial charge on any atom is -0.395 e. The molecular weight excluding hydrogens is 296 g/mol. The molecule has 1 heterocycles. The summed E-state index contributed by atoms with van der Waals surface area (Å²) in [6.07, 6.45) is 0. The minimum absolute atomic E-state index is 0.212. The number of nitrogens with zero attached hydrogens (tertiary/aromatic N) is 1. The molecule has 0 aliphatic heterocycles. The molecule has 2 rings (SSSR count). The fraction of sp³-hybridized carbons (Fsp3) is 0.167. The minimum atomic E-state index is -0.326. The summed E-state index contributed by atoms with van der Waals surface area (Å²) in [5.41, 5.74) is 8.81. The van der Waals surface area contributed by atoms with Crippen LogP contribution in [0, 0.1) is 13.8 Å². The summed E-state index contributed by atoms with van der Waals surface area (Å²) in [5.74, 6) is -0.326. The van der Waals surface area contributed by atoms with Crippen LogP contribution in [0.5, 0.6) is 0 Å². The van der Waals surface area contributed by atoms with Gasteiger partial charge in [-0.15, -0.1) is 0 Å². The summed E-state index contributed by atoms with van der Waals surface area (Å²) >= 11 is 3.41. The fourth-order valence-corrected chi connectivity index (χ4v) is 1.85. The molecule has 0 atom stereocenters. The van der Waals surface area contributed by atoms with E-state index in [0.29, 0.717) is 17.1 Å². The smallest absolute Gasteiger partial charge is 0.278 e. The number of halogens is 1. The molecule has 4 N–H and O–H groups in total. The van der Waals surface area contributed by atoms with Crippen molar-refractivity contribution in [3.05, 3.63) is 39.6 Å². The number of nitrogens with one attached hydrogen (secondary N) is 2. The van der Waals surface area contributed by atoms with Gasteiger partial charge < -0.3 is 11.1 Å². The van der Waals surface area contributed by atoms with Gasteiger partial charge in [-0.25, -0.2) is 0 Å². The van der Waals surface area contributed by atoms with E-state index in [0.717, 1.165) is 10.0 Å². The van der Waals surface area contributed by atoms with Crippen LogP contribution < -0.4 is 11.1 Å². The van der Waals surface area contributed by atoms with Crippen LogP contribution in [0.15, 0.2) is 22.7 Å². The van der Waals surface area contributed by atoms with E-state index in [1.54, 1.807) is 6.92 Å². The second-order valence-electron chi connectivity index (χ2n) is 4.03. The predicted octanol–water partition coefficient (Wildman–Crippen LogP) is 2.62. The maximum atomic E-state index is 12.0. The lowest BCUT2D eigenvalue weighted by Gasteiger charge is -2.06. The zero-order valence-electron chi connectivity index (χ0n) is 10.0. The fourth-order valence-electron chi connectivity index (χ4n) is 1.47. The number of anilines is 2. The summed E-state index contributed by atoms with van der Waals surface area (Å²) < 4.78 is 0.937. The molecule has 0 fully saturated rings. The average Bonchev–Trinajstić information content (AvgIpc) is 2.65. The Morgan fingerprint density at radius 1 is 1.44 bits per heavy atom. The molecule has 1 aromatic heterocycles. The van der Waals surface area contributed by atoms with E-state index < -0.39 is 0 Å². The third-order valence-corrected chi connectivity index (χ3v) is 3.49. The number of hydrogen-bond acceptors (Lipinski definition) is 3. The topological polar surface area (TPSA) is 83.8 Å². The zero-order valence-corrected chi connectivity index (χ0v) is 11.6. The Labute approximate surface area is 113 Å². The Bertz CT molecular complexity index is 606. The maximum Gasteiger partial charge on any atom is 0.278 e. The highest BCUT2D eigenvalue weighted by molar-refractivity contribution is 9.10. The van der Waals surface area contributed by atoms with Crippen molar-refractivity contribution in [2.24, 2.45) is 0 Å². The van der Waals surface area contributed by atoms with Crippen LogP contribution >= 0.6 is 15.9 Å². The van der Waals surface area contributed by atoms with Crippen molar-refractivity contribution in [2.75, 3.05) is 11.1 Å². The Morgan fingerprint density at radius 3 is 2.72 bits per heavy atom. The first-order valence-electron chi connectivity index (χ1n) is 5.37. The van der Waals surface area contributed by atoms with E-state index in [2.05, 4.69) is 31.4 Å². The standard InChI is InChI=1S/C12H13BrN4O/c1-6-3-4-8(5-9(6)13)15-12(18)11-10(14)7(2)16-17-11/h3-5H,14H2,1-2H3,(H,15,18)(H,16,17). The number of carbonyl (C=O) groups is 1. The van der Waals surface area contributed by atoms with Crippen LogP contribution in [0.25, 0.3) is 0 Å². The highest BCUT2D eigenvalue weighted by Crippen LogP contribution is 2.21. The maximum absolute atomic E-state index is 12.0. The molecule has 2 aromatic rings. The van der Waals surface area contributed by atoms with E-state index in [9.17, 15) is 4.79 Å². The molecular formula is C12H13BrN4O. The molecule has 0 bridgehead atoms.